The normalized spacial score (nSPS) is 17.0. The highest BCUT2D eigenvalue weighted by Gasteiger charge is 2.38. The van der Waals surface area contributed by atoms with E-state index in [-0.39, 0.29) is 5.91 Å². The van der Waals surface area contributed by atoms with E-state index in [1.54, 1.807) is 17.6 Å². The van der Waals surface area contributed by atoms with E-state index in [9.17, 15) is 9.59 Å². The molecule has 1 aromatic carbocycles. The largest absolute Gasteiger partial charge is 0.496 e. The van der Waals surface area contributed by atoms with Gasteiger partial charge in [-0.25, -0.2) is 5.48 Å². The lowest BCUT2D eigenvalue weighted by Crippen LogP contribution is -2.57. The molecular formula is C14H18N2O5. The van der Waals surface area contributed by atoms with Crippen LogP contribution in [0.1, 0.15) is 22.3 Å². The third kappa shape index (κ3) is 2.64. The van der Waals surface area contributed by atoms with Crippen molar-refractivity contribution in [3.05, 3.63) is 23.3 Å². The van der Waals surface area contributed by atoms with Crippen LogP contribution in [0.15, 0.2) is 12.1 Å². The maximum atomic E-state index is 12.5. The summed E-state index contributed by atoms with van der Waals surface area (Å²) in [5, 5.41) is 8.66. The number of methoxy groups -OCH3 is 2. The van der Waals surface area contributed by atoms with Crippen LogP contribution >= 0.6 is 0 Å². The van der Waals surface area contributed by atoms with Crippen molar-refractivity contribution in [2.45, 2.75) is 19.4 Å². The molecular weight excluding hydrogens is 276 g/mol. The first kappa shape index (κ1) is 15.1. The molecule has 0 bridgehead atoms. The molecule has 2 N–H and O–H groups in total. The lowest BCUT2D eigenvalue weighted by molar-refractivity contribution is -0.137. The molecule has 0 saturated carbocycles. The van der Waals surface area contributed by atoms with Crippen LogP contribution in [0.25, 0.3) is 0 Å². The number of hydrogen-bond acceptors (Lipinski definition) is 5. The van der Waals surface area contributed by atoms with Gasteiger partial charge in [-0.05, 0) is 25.5 Å². The average molecular weight is 294 g/mol. The Morgan fingerprint density at radius 1 is 1.29 bits per heavy atom. The summed E-state index contributed by atoms with van der Waals surface area (Å²) >= 11 is 0. The van der Waals surface area contributed by atoms with E-state index in [0.29, 0.717) is 30.0 Å². The lowest BCUT2D eigenvalue weighted by Gasteiger charge is -2.39. The molecule has 21 heavy (non-hydrogen) atoms. The maximum absolute atomic E-state index is 12.5. The fourth-order valence-corrected chi connectivity index (χ4v) is 2.35. The van der Waals surface area contributed by atoms with Gasteiger partial charge in [0, 0.05) is 17.7 Å². The van der Waals surface area contributed by atoms with Crippen molar-refractivity contribution in [2.75, 3.05) is 20.8 Å². The van der Waals surface area contributed by atoms with Crippen molar-refractivity contribution in [2.24, 2.45) is 0 Å². The predicted octanol–water partition coefficient (Wildman–Crippen LogP) is 0.732. The molecule has 114 valence electrons. The molecule has 0 aliphatic carbocycles. The number of rotatable bonds is 4. The van der Waals surface area contributed by atoms with E-state index < -0.39 is 11.9 Å². The molecule has 1 saturated heterocycles. The zero-order valence-electron chi connectivity index (χ0n) is 12.2. The SMILES string of the molecule is COc1cc(C(=O)N2CC[C@@H]2C(=O)NO)cc(OC)c1C. The Kier molecular flexibility index (Phi) is 4.32. The summed E-state index contributed by atoms with van der Waals surface area (Å²) in [7, 11) is 3.03. The van der Waals surface area contributed by atoms with Gasteiger partial charge in [-0.2, -0.15) is 0 Å². The van der Waals surface area contributed by atoms with Crippen LogP contribution < -0.4 is 15.0 Å². The first-order valence-corrected chi connectivity index (χ1v) is 6.51. The summed E-state index contributed by atoms with van der Waals surface area (Å²) < 4.78 is 10.5. The number of carbonyl (C=O) groups excluding carboxylic acids is 2. The predicted molar refractivity (Wildman–Crippen MR) is 73.7 cm³/mol. The molecule has 2 rings (SSSR count). The van der Waals surface area contributed by atoms with E-state index in [4.69, 9.17) is 14.7 Å². The lowest BCUT2D eigenvalue weighted by atomic mass is 9.99. The molecule has 1 aliphatic rings. The molecule has 1 atom stereocenters. The van der Waals surface area contributed by atoms with Gasteiger partial charge in [0.2, 0.25) is 0 Å². The molecule has 1 heterocycles. The molecule has 2 amide bonds. The highest BCUT2D eigenvalue weighted by Crippen LogP contribution is 2.31. The van der Waals surface area contributed by atoms with Crippen LogP contribution in [-0.4, -0.2) is 48.7 Å². The van der Waals surface area contributed by atoms with Crippen molar-refractivity contribution >= 4 is 11.8 Å². The number of nitrogens with zero attached hydrogens (tertiary/aromatic N) is 1. The second-order valence-corrected chi connectivity index (χ2v) is 4.78. The van der Waals surface area contributed by atoms with Crippen LogP contribution in [0.2, 0.25) is 0 Å². The van der Waals surface area contributed by atoms with Crippen molar-refractivity contribution in [3.63, 3.8) is 0 Å². The quantitative estimate of drug-likeness (QED) is 0.631. The first-order chi connectivity index (χ1) is 10.0. The monoisotopic (exact) mass is 294 g/mol. The van der Waals surface area contributed by atoms with Crippen LogP contribution in [-0.2, 0) is 4.79 Å². The number of carbonyl (C=O) groups is 2. The Bertz CT molecular complexity index is 547. The number of hydrogen-bond donors (Lipinski definition) is 2. The standard InChI is InChI=1S/C14H18N2O5/c1-8-11(20-2)6-9(7-12(8)21-3)14(18)16-5-4-10(16)13(17)15-19/h6-7,10,19H,4-5H2,1-3H3,(H,15,17)/t10-/m1/s1. The van der Waals surface area contributed by atoms with Gasteiger partial charge in [-0.1, -0.05) is 0 Å². The minimum atomic E-state index is -0.638. The fourth-order valence-electron chi connectivity index (χ4n) is 2.35. The van der Waals surface area contributed by atoms with E-state index in [1.165, 1.54) is 19.1 Å². The van der Waals surface area contributed by atoms with Crippen molar-refractivity contribution in [1.29, 1.82) is 0 Å². The van der Waals surface area contributed by atoms with Gasteiger partial charge in [0.25, 0.3) is 11.8 Å². The van der Waals surface area contributed by atoms with Crippen molar-refractivity contribution in [3.8, 4) is 11.5 Å². The molecule has 1 aliphatic heterocycles. The number of ether oxygens (including phenoxy) is 2. The number of benzene rings is 1. The van der Waals surface area contributed by atoms with Gasteiger partial charge < -0.3 is 14.4 Å². The van der Waals surface area contributed by atoms with E-state index >= 15 is 0 Å². The highest BCUT2D eigenvalue weighted by molar-refractivity contribution is 5.99. The number of nitrogens with one attached hydrogen (secondary N) is 1. The van der Waals surface area contributed by atoms with Gasteiger partial charge in [0.1, 0.15) is 17.5 Å². The zero-order valence-corrected chi connectivity index (χ0v) is 12.2. The summed E-state index contributed by atoms with van der Waals surface area (Å²) in [6, 6.07) is 2.60. The van der Waals surface area contributed by atoms with Crippen LogP contribution in [0.3, 0.4) is 0 Å². The zero-order chi connectivity index (χ0) is 15.6. The fraction of sp³-hybridized carbons (Fsp3) is 0.429. The third-order valence-corrected chi connectivity index (χ3v) is 3.69. The Labute approximate surface area is 122 Å². The van der Waals surface area contributed by atoms with Gasteiger partial charge in [0.15, 0.2) is 0 Å². The van der Waals surface area contributed by atoms with Crippen molar-refractivity contribution in [1.82, 2.24) is 10.4 Å². The smallest absolute Gasteiger partial charge is 0.266 e. The molecule has 0 aromatic heterocycles. The average Bonchev–Trinajstić information content (AvgIpc) is 2.45. The van der Waals surface area contributed by atoms with E-state index in [0.717, 1.165) is 5.56 Å². The molecule has 7 heteroatoms. The van der Waals surface area contributed by atoms with E-state index in [2.05, 4.69) is 0 Å². The summed E-state index contributed by atoms with van der Waals surface area (Å²) in [5.41, 5.74) is 2.75. The third-order valence-electron chi connectivity index (χ3n) is 3.69. The van der Waals surface area contributed by atoms with Crippen LogP contribution in [0, 0.1) is 6.92 Å². The van der Waals surface area contributed by atoms with Gasteiger partial charge in [-0.15, -0.1) is 0 Å². The summed E-state index contributed by atoms with van der Waals surface area (Å²) in [5.74, 6) is 0.204. The Morgan fingerprint density at radius 3 is 2.24 bits per heavy atom. The van der Waals surface area contributed by atoms with Gasteiger partial charge >= 0.3 is 0 Å². The van der Waals surface area contributed by atoms with Crippen molar-refractivity contribution < 1.29 is 24.3 Å². The Morgan fingerprint density at radius 2 is 1.86 bits per heavy atom. The number of likely N-dealkylation sites (tertiary alicyclic amines) is 1. The molecule has 0 radical (unpaired) electrons. The highest BCUT2D eigenvalue weighted by atomic mass is 16.5. The summed E-state index contributed by atoms with van der Waals surface area (Å²) in [4.78, 5) is 25.3. The molecule has 7 nitrogen and oxygen atoms in total. The first-order valence-electron chi connectivity index (χ1n) is 6.51. The summed E-state index contributed by atoms with van der Waals surface area (Å²) in [6.07, 6.45) is 0.526. The minimum absolute atomic E-state index is 0.300. The van der Waals surface area contributed by atoms with Crippen LogP contribution in [0.4, 0.5) is 0 Å². The molecule has 0 unspecified atom stereocenters. The van der Waals surface area contributed by atoms with Gasteiger partial charge in [-0.3, -0.25) is 14.8 Å². The number of hydroxylamine groups is 1. The number of amides is 2. The summed E-state index contributed by atoms with van der Waals surface area (Å²) in [6.45, 7) is 2.30. The molecule has 1 fully saturated rings. The van der Waals surface area contributed by atoms with Gasteiger partial charge in [0.05, 0.1) is 14.2 Å². The Hall–Kier alpha value is -2.28. The molecule has 1 aromatic rings. The van der Waals surface area contributed by atoms with E-state index in [1.807, 2.05) is 6.92 Å². The topological polar surface area (TPSA) is 88.1 Å². The van der Waals surface area contributed by atoms with Crippen LogP contribution in [0.5, 0.6) is 11.5 Å². The maximum Gasteiger partial charge on any atom is 0.266 e. The Balaban J connectivity index is 2.29. The second kappa shape index (κ2) is 6.01. The second-order valence-electron chi connectivity index (χ2n) is 4.78. The minimum Gasteiger partial charge on any atom is -0.496 e. The molecule has 0 spiro atoms.